The second kappa shape index (κ2) is 6.81. The van der Waals surface area contributed by atoms with E-state index in [-0.39, 0.29) is 5.82 Å². The lowest BCUT2D eigenvalue weighted by atomic mass is 10.2. The van der Waals surface area contributed by atoms with E-state index in [0.717, 1.165) is 22.4 Å². The molecular weight excluding hydrogens is 341 g/mol. The summed E-state index contributed by atoms with van der Waals surface area (Å²) in [5.41, 5.74) is 0.498. The highest BCUT2D eigenvalue weighted by molar-refractivity contribution is 7.98. The number of thiophene rings is 1. The van der Waals surface area contributed by atoms with E-state index in [9.17, 15) is 4.39 Å². The minimum atomic E-state index is -0.291. The molecule has 1 aromatic carbocycles. The Balaban J connectivity index is 1.84. The number of halogens is 2. The van der Waals surface area contributed by atoms with Gasteiger partial charge in [-0.1, -0.05) is 35.5 Å². The molecular formula is C15H13ClFN3S2. The molecule has 22 heavy (non-hydrogen) atoms. The Kier molecular flexibility index (Phi) is 4.81. The molecule has 2 heterocycles. The lowest BCUT2D eigenvalue weighted by Crippen LogP contribution is -1.99. The summed E-state index contributed by atoms with van der Waals surface area (Å²) in [6, 6.07) is 8.73. The quantitative estimate of drug-likeness (QED) is 0.597. The predicted octanol–water partition coefficient (Wildman–Crippen LogP) is 5.11. The maximum atomic E-state index is 13.8. The highest BCUT2D eigenvalue weighted by atomic mass is 35.5. The van der Waals surface area contributed by atoms with Gasteiger partial charge in [0, 0.05) is 22.9 Å². The molecule has 0 aliphatic carbocycles. The van der Waals surface area contributed by atoms with E-state index in [1.165, 1.54) is 17.8 Å². The first-order valence-electron chi connectivity index (χ1n) is 6.73. The molecule has 0 aliphatic heterocycles. The number of aromatic nitrogens is 3. The number of rotatable bonds is 5. The van der Waals surface area contributed by atoms with Gasteiger partial charge in [0.25, 0.3) is 0 Å². The SMILES string of the molecule is CCn1c(SCc2c(F)cccc2Cl)nnc1-c1cccs1. The number of benzene rings is 1. The van der Waals surface area contributed by atoms with Crippen molar-refractivity contribution in [1.29, 1.82) is 0 Å². The van der Waals surface area contributed by atoms with Gasteiger partial charge in [-0.05, 0) is 30.5 Å². The summed E-state index contributed by atoms with van der Waals surface area (Å²) in [4.78, 5) is 1.07. The third-order valence-electron chi connectivity index (χ3n) is 3.18. The van der Waals surface area contributed by atoms with Crippen LogP contribution in [0.4, 0.5) is 4.39 Å². The lowest BCUT2D eigenvalue weighted by Gasteiger charge is -2.07. The van der Waals surface area contributed by atoms with Gasteiger partial charge in [-0.15, -0.1) is 21.5 Å². The molecule has 0 saturated carbocycles. The van der Waals surface area contributed by atoms with Gasteiger partial charge in [-0.25, -0.2) is 4.39 Å². The first-order valence-corrected chi connectivity index (χ1v) is 8.97. The highest BCUT2D eigenvalue weighted by Gasteiger charge is 2.15. The summed E-state index contributed by atoms with van der Waals surface area (Å²) in [7, 11) is 0. The average molecular weight is 354 g/mol. The zero-order chi connectivity index (χ0) is 15.5. The van der Waals surface area contributed by atoms with Crippen molar-refractivity contribution in [2.45, 2.75) is 24.4 Å². The molecule has 3 rings (SSSR count). The Morgan fingerprint density at radius 3 is 2.82 bits per heavy atom. The number of hydrogen-bond acceptors (Lipinski definition) is 4. The van der Waals surface area contributed by atoms with Crippen LogP contribution in [0.5, 0.6) is 0 Å². The third kappa shape index (κ3) is 3.04. The molecule has 0 spiro atoms. The van der Waals surface area contributed by atoms with Crippen LogP contribution in [0.2, 0.25) is 5.02 Å². The maximum absolute atomic E-state index is 13.8. The average Bonchev–Trinajstić information content (AvgIpc) is 3.15. The largest absolute Gasteiger partial charge is 0.302 e. The molecule has 0 N–H and O–H groups in total. The van der Waals surface area contributed by atoms with Gasteiger partial charge >= 0.3 is 0 Å². The Bertz CT molecular complexity index is 751. The summed E-state index contributed by atoms with van der Waals surface area (Å²) < 4.78 is 15.9. The van der Waals surface area contributed by atoms with Crippen molar-refractivity contribution >= 4 is 34.7 Å². The smallest absolute Gasteiger partial charge is 0.191 e. The number of hydrogen-bond donors (Lipinski definition) is 0. The molecule has 0 bridgehead atoms. The van der Waals surface area contributed by atoms with Crippen molar-refractivity contribution < 1.29 is 4.39 Å². The molecule has 0 unspecified atom stereocenters. The van der Waals surface area contributed by atoms with Crippen LogP contribution in [0.3, 0.4) is 0 Å². The monoisotopic (exact) mass is 353 g/mol. The Hall–Kier alpha value is -1.37. The molecule has 2 aromatic heterocycles. The van der Waals surface area contributed by atoms with Crippen LogP contribution in [-0.2, 0) is 12.3 Å². The van der Waals surface area contributed by atoms with Gasteiger partial charge in [0.1, 0.15) is 5.82 Å². The molecule has 0 aliphatic rings. The third-order valence-corrected chi connectivity index (χ3v) is 5.40. The molecule has 3 aromatic rings. The Morgan fingerprint density at radius 2 is 2.14 bits per heavy atom. The second-order valence-corrected chi connectivity index (χ2v) is 6.81. The minimum Gasteiger partial charge on any atom is -0.302 e. The predicted molar refractivity (Wildman–Crippen MR) is 90.0 cm³/mol. The lowest BCUT2D eigenvalue weighted by molar-refractivity contribution is 0.617. The van der Waals surface area contributed by atoms with Crippen molar-refractivity contribution in [2.75, 3.05) is 0 Å². The van der Waals surface area contributed by atoms with E-state index >= 15 is 0 Å². The van der Waals surface area contributed by atoms with Crippen molar-refractivity contribution in [2.24, 2.45) is 0 Å². The normalized spacial score (nSPS) is 11.0. The molecule has 3 nitrogen and oxygen atoms in total. The molecule has 114 valence electrons. The van der Waals surface area contributed by atoms with E-state index in [1.54, 1.807) is 23.5 Å². The van der Waals surface area contributed by atoms with Gasteiger partial charge in [0.05, 0.1) is 4.88 Å². The first-order chi connectivity index (χ1) is 10.7. The van der Waals surface area contributed by atoms with Crippen LogP contribution in [0, 0.1) is 5.82 Å². The van der Waals surface area contributed by atoms with Crippen LogP contribution < -0.4 is 0 Å². The first kappa shape index (κ1) is 15.5. The molecule has 0 amide bonds. The second-order valence-electron chi connectivity index (χ2n) is 4.52. The van der Waals surface area contributed by atoms with Gasteiger partial charge in [-0.2, -0.15) is 0 Å². The van der Waals surface area contributed by atoms with Gasteiger partial charge in [-0.3, -0.25) is 0 Å². The Morgan fingerprint density at radius 1 is 1.27 bits per heavy atom. The van der Waals surface area contributed by atoms with Gasteiger partial charge in [0.2, 0.25) is 0 Å². The zero-order valence-electron chi connectivity index (χ0n) is 11.8. The summed E-state index contributed by atoms with van der Waals surface area (Å²) in [5.74, 6) is 0.981. The van der Waals surface area contributed by atoms with Crippen LogP contribution in [0.15, 0.2) is 40.9 Å². The molecule has 0 radical (unpaired) electrons. The molecule has 7 heteroatoms. The van der Waals surface area contributed by atoms with E-state index in [4.69, 9.17) is 11.6 Å². The highest BCUT2D eigenvalue weighted by Crippen LogP contribution is 2.31. The van der Waals surface area contributed by atoms with Crippen molar-refractivity contribution in [3.05, 3.63) is 52.1 Å². The fraction of sp³-hybridized carbons (Fsp3) is 0.200. The standard InChI is InChI=1S/C15H13ClFN3S2/c1-2-20-14(13-7-4-8-21-13)18-19-15(20)22-9-10-11(16)5-3-6-12(10)17/h3-8H,2,9H2,1H3. The number of thioether (sulfide) groups is 1. The maximum Gasteiger partial charge on any atom is 0.191 e. The number of nitrogens with zero attached hydrogens (tertiary/aromatic N) is 3. The van der Waals surface area contributed by atoms with E-state index in [1.807, 2.05) is 29.0 Å². The summed E-state index contributed by atoms with van der Waals surface area (Å²) in [5, 5.41) is 11.7. The van der Waals surface area contributed by atoms with Crippen LogP contribution in [-0.4, -0.2) is 14.8 Å². The van der Waals surface area contributed by atoms with Crippen molar-refractivity contribution in [3.8, 4) is 10.7 Å². The van der Waals surface area contributed by atoms with E-state index in [0.29, 0.717) is 16.3 Å². The Labute approximate surface area is 141 Å². The summed E-state index contributed by atoms with van der Waals surface area (Å²) >= 11 is 9.13. The fourth-order valence-electron chi connectivity index (χ4n) is 2.08. The van der Waals surface area contributed by atoms with E-state index in [2.05, 4.69) is 10.2 Å². The molecule has 0 fully saturated rings. The topological polar surface area (TPSA) is 30.7 Å². The van der Waals surface area contributed by atoms with E-state index < -0.39 is 0 Å². The van der Waals surface area contributed by atoms with Crippen molar-refractivity contribution in [3.63, 3.8) is 0 Å². The van der Waals surface area contributed by atoms with Crippen LogP contribution in [0.25, 0.3) is 10.7 Å². The van der Waals surface area contributed by atoms with Crippen LogP contribution >= 0.6 is 34.7 Å². The summed E-state index contributed by atoms with van der Waals surface area (Å²) in [6.45, 7) is 2.80. The fourth-order valence-corrected chi connectivity index (χ4v) is 4.14. The van der Waals surface area contributed by atoms with Crippen LogP contribution in [0.1, 0.15) is 12.5 Å². The minimum absolute atomic E-state index is 0.291. The molecule has 0 atom stereocenters. The van der Waals surface area contributed by atoms with Crippen molar-refractivity contribution in [1.82, 2.24) is 14.8 Å². The van der Waals surface area contributed by atoms with Gasteiger partial charge < -0.3 is 4.57 Å². The molecule has 0 saturated heterocycles. The zero-order valence-corrected chi connectivity index (χ0v) is 14.2. The van der Waals surface area contributed by atoms with Gasteiger partial charge in [0.15, 0.2) is 11.0 Å². The summed E-state index contributed by atoms with van der Waals surface area (Å²) in [6.07, 6.45) is 0.